The van der Waals surface area contributed by atoms with Gasteiger partial charge in [0, 0.05) is 17.3 Å². The van der Waals surface area contributed by atoms with E-state index >= 15 is 0 Å². The van der Waals surface area contributed by atoms with E-state index in [1.165, 1.54) is 12.1 Å². The lowest BCUT2D eigenvalue weighted by Gasteiger charge is -2.27. The molecule has 2 nitrogen and oxygen atoms in total. The van der Waals surface area contributed by atoms with Crippen molar-refractivity contribution in [1.82, 2.24) is 0 Å². The second-order valence-electron chi connectivity index (χ2n) is 5.69. The van der Waals surface area contributed by atoms with Gasteiger partial charge in [-0.3, -0.25) is 4.79 Å². The maximum Gasteiger partial charge on any atom is 0.176 e. The molecule has 0 saturated carbocycles. The number of anilines is 1. The van der Waals surface area contributed by atoms with Crippen LogP contribution in [0.25, 0.3) is 0 Å². The topological polar surface area (TPSA) is 29.1 Å². The Kier molecular flexibility index (Phi) is 2.15. The molecule has 0 amide bonds. The SMILES string of the molecule is C[C@@H]1Nc2ccccc2[C@@]12Cc1cc(F)ccc1C2=O. The van der Waals surface area contributed by atoms with Crippen LogP contribution in [0.5, 0.6) is 0 Å². The first-order valence-electron chi connectivity index (χ1n) is 6.82. The number of para-hydroxylation sites is 1. The number of hydrogen-bond donors (Lipinski definition) is 1. The number of nitrogens with one attached hydrogen (secondary N) is 1. The predicted octanol–water partition coefficient (Wildman–Crippen LogP) is 3.32. The van der Waals surface area contributed by atoms with Gasteiger partial charge in [-0.25, -0.2) is 4.39 Å². The number of ketones is 1. The van der Waals surface area contributed by atoms with Crippen molar-refractivity contribution in [3.63, 3.8) is 0 Å². The molecular formula is C17H14FNO. The van der Waals surface area contributed by atoms with Crippen LogP contribution in [-0.4, -0.2) is 11.8 Å². The minimum atomic E-state index is -0.577. The zero-order valence-electron chi connectivity index (χ0n) is 11.1. The summed E-state index contributed by atoms with van der Waals surface area (Å²) in [5.74, 6) is -0.169. The highest BCUT2D eigenvalue weighted by Gasteiger charge is 2.54. The minimum Gasteiger partial charge on any atom is -0.381 e. The van der Waals surface area contributed by atoms with Gasteiger partial charge in [-0.05, 0) is 48.7 Å². The first-order valence-corrected chi connectivity index (χ1v) is 6.82. The molecule has 0 fully saturated rings. The molecule has 0 radical (unpaired) electrons. The first-order chi connectivity index (χ1) is 9.63. The van der Waals surface area contributed by atoms with Crippen molar-refractivity contribution in [3.05, 3.63) is 65.0 Å². The molecule has 0 bridgehead atoms. The zero-order valence-corrected chi connectivity index (χ0v) is 11.1. The van der Waals surface area contributed by atoms with Crippen LogP contribution in [0.15, 0.2) is 42.5 Å². The maximum atomic E-state index is 13.4. The Morgan fingerprint density at radius 2 is 2.05 bits per heavy atom. The van der Waals surface area contributed by atoms with Crippen molar-refractivity contribution >= 4 is 11.5 Å². The Balaban J connectivity index is 1.94. The van der Waals surface area contributed by atoms with E-state index in [-0.39, 0.29) is 17.6 Å². The molecule has 20 heavy (non-hydrogen) atoms. The van der Waals surface area contributed by atoms with Crippen molar-refractivity contribution in [2.75, 3.05) is 5.32 Å². The van der Waals surface area contributed by atoms with Gasteiger partial charge in [-0.1, -0.05) is 18.2 Å². The number of carbonyl (C=O) groups is 1. The average Bonchev–Trinajstić information content (AvgIpc) is 2.88. The maximum absolute atomic E-state index is 13.4. The highest BCUT2D eigenvalue weighted by Crippen LogP contribution is 2.49. The molecule has 1 N–H and O–H groups in total. The van der Waals surface area contributed by atoms with Gasteiger partial charge in [0.1, 0.15) is 5.82 Å². The fourth-order valence-corrected chi connectivity index (χ4v) is 3.71. The number of fused-ring (bicyclic) bond motifs is 3. The van der Waals surface area contributed by atoms with E-state index in [4.69, 9.17) is 0 Å². The zero-order chi connectivity index (χ0) is 13.9. The number of benzene rings is 2. The smallest absolute Gasteiger partial charge is 0.176 e. The lowest BCUT2D eigenvalue weighted by atomic mass is 9.74. The molecule has 2 aliphatic rings. The van der Waals surface area contributed by atoms with E-state index in [0.29, 0.717) is 12.0 Å². The molecule has 1 spiro atoms. The van der Waals surface area contributed by atoms with Crippen LogP contribution in [0.3, 0.4) is 0 Å². The molecule has 1 aliphatic heterocycles. The normalized spacial score (nSPS) is 26.5. The molecule has 100 valence electrons. The lowest BCUT2D eigenvalue weighted by molar-refractivity contribution is 0.0896. The summed E-state index contributed by atoms with van der Waals surface area (Å²) in [6.45, 7) is 2.03. The van der Waals surface area contributed by atoms with Gasteiger partial charge in [0.25, 0.3) is 0 Å². The summed E-state index contributed by atoms with van der Waals surface area (Å²) in [4.78, 5) is 12.9. The summed E-state index contributed by atoms with van der Waals surface area (Å²) in [5, 5.41) is 3.40. The summed E-state index contributed by atoms with van der Waals surface area (Å²) >= 11 is 0. The lowest BCUT2D eigenvalue weighted by Crippen LogP contribution is -2.42. The van der Waals surface area contributed by atoms with E-state index in [2.05, 4.69) is 5.32 Å². The van der Waals surface area contributed by atoms with Crippen molar-refractivity contribution in [2.45, 2.75) is 24.8 Å². The van der Waals surface area contributed by atoms with Gasteiger partial charge in [-0.2, -0.15) is 0 Å². The monoisotopic (exact) mass is 267 g/mol. The van der Waals surface area contributed by atoms with Crippen molar-refractivity contribution in [1.29, 1.82) is 0 Å². The third-order valence-electron chi connectivity index (χ3n) is 4.71. The van der Waals surface area contributed by atoms with Crippen LogP contribution in [0.1, 0.15) is 28.4 Å². The van der Waals surface area contributed by atoms with Gasteiger partial charge in [0.15, 0.2) is 5.78 Å². The number of hydrogen-bond acceptors (Lipinski definition) is 2. The summed E-state index contributed by atoms with van der Waals surface area (Å²) in [6.07, 6.45) is 0.574. The molecule has 1 aliphatic carbocycles. The Morgan fingerprint density at radius 3 is 2.90 bits per heavy atom. The number of Topliss-reactive ketones (excluding diaryl/α,β-unsaturated/α-hetero) is 1. The Hall–Kier alpha value is -2.16. The first kappa shape index (κ1) is 11.6. The van der Waals surface area contributed by atoms with E-state index in [0.717, 1.165) is 16.8 Å². The standard InChI is InChI=1S/C17H14FNO/c1-10-17(14-4-2-3-5-15(14)19-10)9-11-8-12(18)6-7-13(11)16(17)20/h2-8,10,19H,9H2,1H3/t10-,17+/m0/s1. The highest BCUT2D eigenvalue weighted by atomic mass is 19.1. The summed E-state index contributed by atoms with van der Waals surface area (Å²) < 4.78 is 13.4. The molecule has 2 aromatic carbocycles. The van der Waals surface area contributed by atoms with Gasteiger partial charge in [0.05, 0.1) is 5.41 Å². The third-order valence-corrected chi connectivity index (χ3v) is 4.71. The van der Waals surface area contributed by atoms with Crippen LogP contribution in [0.2, 0.25) is 0 Å². The van der Waals surface area contributed by atoms with Crippen LogP contribution in [0, 0.1) is 5.82 Å². The van der Waals surface area contributed by atoms with E-state index in [9.17, 15) is 9.18 Å². The highest BCUT2D eigenvalue weighted by molar-refractivity contribution is 6.11. The minimum absolute atomic E-state index is 0.0165. The van der Waals surface area contributed by atoms with Crippen LogP contribution in [-0.2, 0) is 11.8 Å². The molecule has 1 heterocycles. The van der Waals surface area contributed by atoms with Crippen molar-refractivity contribution in [2.24, 2.45) is 0 Å². The molecule has 0 saturated heterocycles. The fraction of sp³-hybridized carbons (Fsp3) is 0.235. The number of rotatable bonds is 0. The molecule has 2 atom stereocenters. The number of carbonyl (C=O) groups excluding carboxylic acids is 1. The molecular weight excluding hydrogens is 253 g/mol. The predicted molar refractivity (Wildman–Crippen MR) is 75.6 cm³/mol. The molecule has 3 heteroatoms. The average molecular weight is 267 g/mol. The quantitative estimate of drug-likeness (QED) is 0.793. The summed E-state index contributed by atoms with van der Waals surface area (Å²) in [6, 6.07) is 12.4. The van der Waals surface area contributed by atoms with Gasteiger partial charge < -0.3 is 5.32 Å². The fourth-order valence-electron chi connectivity index (χ4n) is 3.71. The summed E-state index contributed by atoms with van der Waals surface area (Å²) in [5.41, 5.74) is 2.96. The van der Waals surface area contributed by atoms with Crippen LogP contribution >= 0.6 is 0 Å². The second-order valence-corrected chi connectivity index (χ2v) is 5.69. The Bertz CT molecular complexity index is 740. The van der Waals surface area contributed by atoms with E-state index < -0.39 is 5.41 Å². The van der Waals surface area contributed by atoms with E-state index in [1.54, 1.807) is 6.07 Å². The Morgan fingerprint density at radius 1 is 1.25 bits per heavy atom. The van der Waals surface area contributed by atoms with E-state index in [1.807, 2.05) is 31.2 Å². The Labute approximate surface area is 116 Å². The second kappa shape index (κ2) is 3.69. The van der Waals surface area contributed by atoms with Crippen LogP contribution < -0.4 is 5.32 Å². The van der Waals surface area contributed by atoms with Crippen LogP contribution in [0.4, 0.5) is 10.1 Å². The van der Waals surface area contributed by atoms with Gasteiger partial charge in [0.2, 0.25) is 0 Å². The molecule has 0 aromatic heterocycles. The summed E-state index contributed by atoms with van der Waals surface area (Å²) in [7, 11) is 0. The third kappa shape index (κ3) is 1.25. The molecule has 4 rings (SSSR count). The van der Waals surface area contributed by atoms with Crippen molar-refractivity contribution < 1.29 is 9.18 Å². The number of halogens is 1. The molecule has 2 aromatic rings. The van der Waals surface area contributed by atoms with Gasteiger partial charge in [-0.15, -0.1) is 0 Å². The van der Waals surface area contributed by atoms with Gasteiger partial charge >= 0.3 is 0 Å². The van der Waals surface area contributed by atoms with Crippen molar-refractivity contribution in [3.8, 4) is 0 Å². The molecule has 0 unspecified atom stereocenters. The largest absolute Gasteiger partial charge is 0.381 e.